The maximum atomic E-state index is 12.8. The fourth-order valence-corrected chi connectivity index (χ4v) is 3.53. The van der Waals surface area contributed by atoms with E-state index in [4.69, 9.17) is 4.42 Å². The van der Waals surface area contributed by atoms with Crippen molar-refractivity contribution in [3.05, 3.63) is 63.5 Å². The van der Waals surface area contributed by atoms with Gasteiger partial charge in [-0.3, -0.25) is 20.4 Å². The third-order valence-corrected chi connectivity index (χ3v) is 5.13. The zero-order valence-corrected chi connectivity index (χ0v) is 16.4. The molecule has 3 aromatic rings. The lowest BCUT2D eigenvalue weighted by Crippen LogP contribution is -2.41. The number of thioether (sulfide) groups is 1. The number of halogens is 3. The van der Waals surface area contributed by atoms with Gasteiger partial charge in [-0.2, -0.15) is 13.2 Å². The topological polar surface area (TPSA) is 97.1 Å². The smallest absolute Gasteiger partial charge is 0.433 e. The van der Waals surface area contributed by atoms with E-state index in [1.54, 1.807) is 17.5 Å². The molecule has 2 N–H and O–H groups in total. The van der Waals surface area contributed by atoms with Crippen molar-refractivity contribution < 1.29 is 27.2 Å². The van der Waals surface area contributed by atoms with E-state index in [-0.39, 0.29) is 22.4 Å². The molecule has 0 spiro atoms. The molecule has 3 aromatic heterocycles. The Morgan fingerprint density at radius 2 is 1.93 bits per heavy atom. The van der Waals surface area contributed by atoms with Crippen LogP contribution in [0.5, 0.6) is 0 Å². The molecule has 12 heteroatoms. The number of hydrogen-bond donors (Lipinski definition) is 2. The van der Waals surface area contributed by atoms with Crippen LogP contribution in [-0.4, -0.2) is 21.8 Å². The van der Waals surface area contributed by atoms with Gasteiger partial charge in [0.1, 0.15) is 11.5 Å². The molecular formula is C17H13F3N4O3S2. The molecular weight excluding hydrogens is 429 g/mol. The molecule has 0 aromatic carbocycles. The van der Waals surface area contributed by atoms with Crippen LogP contribution in [0, 0.1) is 6.92 Å². The molecule has 0 unspecified atom stereocenters. The monoisotopic (exact) mass is 442 g/mol. The summed E-state index contributed by atoms with van der Waals surface area (Å²) >= 11 is 2.16. The second-order valence-electron chi connectivity index (χ2n) is 5.62. The normalized spacial score (nSPS) is 11.3. The van der Waals surface area contributed by atoms with Crippen LogP contribution in [0.1, 0.15) is 37.4 Å². The number of rotatable bonds is 5. The van der Waals surface area contributed by atoms with Gasteiger partial charge in [0.15, 0.2) is 10.9 Å². The van der Waals surface area contributed by atoms with Crippen molar-refractivity contribution in [2.24, 2.45) is 0 Å². The first kappa shape index (κ1) is 20.9. The summed E-state index contributed by atoms with van der Waals surface area (Å²) < 4.78 is 43.9. The van der Waals surface area contributed by atoms with Gasteiger partial charge in [0.2, 0.25) is 0 Å². The van der Waals surface area contributed by atoms with Crippen molar-refractivity contribution in [2.75, 3.05) is 0 Å². The highest BCUT2D eigenvalue weighted by Gasteiger charge is 2.33. The van der Waals surface area contributed by atoms with E-state index in [1.807, 2.05) is 0 Å². The summed E-state index contributed by atoms with van der Waals surface area (Å²) in [6, 6.07) is 7.06. The lowest BCUT2D eigenvalue weighted by molar-refractivity contribution is -0.141. The first-order chi connectivity index (χ1) is 13.7. The first-order valence-electron chi connectivity index (χ1n) is 8.01. The Morgan fingerprint density at radius 3 is 2.62 bits per heavy atom. The van der Waals surface area contributed by atoms with Crippen molar-refractivity contribution in [1.29, 1.82) is 0 Å². The molecule has 2 amide bonds. The number of hydrazine groups is 1. The summed E-state index contributed by atoms with van der Waals surface area (Å²) in [6.45, 7) is 1.45. The average Bonchev–Trinajstić information content (AvgIpc) is 3.35. The van der Waals surface area contributed by atoms with Gasteiger partial charge in [-0.15, -0.1) is 11.3 Å². The minimum absolute atomic E-state index is 0.0528. The van der Waals surface area contributed by atoms with Gasteiger partial charge in [-0.1, -0.05) is 17.8 Å². The number of carbonyl (C=O) groups is 2. The van der Waals surface area contributed by atoms with Crippen LogP contribution in [0.25, 0.3) is 0 Å². The van der Waals surface area contributed by atoms with E-state index in [1.165, 1.54) is 30.4 Å². The third kappa shape index (κ3) is 5.57. The van der Waals surface area contributed by atoms with Crippen LogP contribution in [0.3, 0.4) is 0 Å². The Morgan fingerprint density at radius 1 is 1.17 bits per heavy atom. The van der Waals surface area contributed by atoms with Gasteiger partial charge < -0.3 is 4.42 Å². The average molecular weight is 442 g/mol. The van der Waals surface area contributed by atoms with E-state index in [9.17, 15) is 22.8 Å². The molecule has 0 fully saturated rings. The van der Waals surface area contributed by atoms with Crippen molar-refractivity contribution in [3.63, 3.8) is 0 Å². The molecule has 3 heterocycles. The summed E-state index contributed by atoms with van der Waals surface area (Å²) in [5.74, 6) is -0.739. The summed E-state index contributed by atoms with van der Waals surface area (Å²) in [4.78, 5) is 31.7. The molecule has 29 heavy (non-hydrogen) atoms. The van der Waals surface area contributed by atoms with E-state index in [0.717, 1.165) is 17.8 Å². The SMILES string of the molecule is Cc1cc(C(F)(F)F)nc(SCc2ccc(C(=O)NNC(=O)c3cccs3)o2)n1. The van der Waals surface area contributed by atoms with Crippen molar-refractivity contribution in [2.45, 2.75) is 24.0 Å². The zero-order valence-electron chi connectivity index (χ0n) is 14.7. The van der Waals surface area contributed by atoms with Crippen LogP contribution in [0.4, 0.5) is 13.2 Å². The van der Waals surface area contributed by atoms with Crippen molar-refractivity contribution in [1.82, 2.24) is 20.8 Å². The van der Waals surface area contributed by atoms with Gasteiger partial charge in [-0.05, 0) is 36.6 Å². The number of hydrogen-bond acceptors (Lipinski definition) is 7. The number of aryl methyl sites for hydroxylation is 1. The van der Waals surface area contributed by atoms with E-state index < -0.39 is 23.7 Å². The largest absolute Gasteiger partial charge is 0.455 e. The quantitative estimate of drug-likeness (QED) is 0.354. The predicted molar refractivity (Wildman–Crippen MR) is 99.3 cm³/mol. The van der Waals surface area contributed by atoms with Crippen molar-refractivity contribution >= 4 is 34.9 Å². The molecule has 0 radical (unpaired) electrons. The van der Waals surface area contributed by atoms with Gasteiger partial charge in [0.05, 0.1) is 10.6 Å². The number of nitrogens with one attached hydrogen (secondary N) is 2. The second kappa shape index (κ2) is 8.66. The van der Waals surface area contributed by atoms with E-state index >= 15 is 0 Å². The van der Waals surface area contributed by atoms with E-state index in [2.05, 4.69) is 20.8 Å². The molecule has 0 saturated heterocycles. The molecule has 7 nitrogen and oxygen atoms in total. The number of nitrogens with zero attached hydrogens (tertiary/aromatic N) is 2. The first-order valence-corrected chi connectivity index (χ1v) is 9.87. The molecule has 0 bridgehead atoms. The molecule has 3 rings (SSSR count). The maximum absolute atomic E-state index is 12.8. The molecule has 152 valence electrons. The molecule has 0 aliphatic heterocycles. The Balaban J connectivity index is 1.57. The summed E-state index contributed by atoms with van der Waals surface area (Å²) in [7, 11) is 0. The van der Waals surface area contributed by atoms with Gasteiger partial charge in [0, 0.05) is 5.69 Å². The fourth-order valence-electron chi connectivity index (χ4n) is 2.11. The number of thiophene rings is 1. The van der Waals surface area contributed by atoms with Crippen LogP contribution >= 0.6 is 23.1 Å². The van der Waals surface area contributed by atoms with Gasteiger partial charge in [-0.25, -0.2) is 9.97 Å². The standard InChI is InChI=1S/C17H13F3N4O3S2/c1-9-7-13(17(18,19)20)22-16(21-9)29-8-10-4-5-11(27-10)14(25)23-24-15(26)12-3-2-6-28-12/h2-7H,8H2,1H3,(H,23,25)(H,24,26). The highest BCUT2D eigenvalue weighted by molar-refractivity contribution is 7.98. The van der Waals surface area contributed by atoms with Crippen LogP contribution < -0.4 is 10.9 Å². The van der Waals surface area contributed by atoms with Crippen LogP contribution in [0.2, 0.25) is 0 Å². The highest BCUT2D eigenvalue weighted by Crippen LogP contribution is 2.30. The minimum Gasteiger partial charge on any atom is -0.455 e. The predicted octanol–water partition coefficient (Wildman–Crippen LogP) is 3.83. The Hall–Kier alpha value is -2.86. The highest BCUT2D eigenvalue weighted by atomic mass is 32.2. The van der Waals surface area contributed by atoms with Gasteiger partial charge in [0.25, 0.3) is 5.91 Å². The Kier molecular flexibility index (Phi) is 6.23. The summed E-state index contributed by atoms with van der Waals surface area (Å²) in [5.41, 5.74) is 3.65. The number of alkyl halides is 3. The van der Waals surface area contributed by atoms with Crippen molar-refractivity contribution in [3.8, 4) is 0 Å². The van der Waals surface area contributed by atoms with Crippen LogP contribution in [-0.2, 0) is 11.9 Å². The molecule has 0 aliphatic rings. The lowest BCUT2D eigenvalue weighted by Gasteiger charge is -2.08. The summed E-state index contributed by atoms with van der Waals surface area (Å²) in [6.07, 6.45) is -4.56. The molecule has 0 atom stereocenters. The minimum atomic E-state index is -4.56. The number of furan rings is 1. The van der Waals surface area contributed by atoms with Crippen LogP contribution in [0.15, 0.2) is 45.3 Å². The molecule has 0 aliphatic carbocycles. The maximum Gasteiger partial charge on any atom is 0.433 e. The molecule has 0 saturated carbocycles. The second-order valence-corrected chi connectivity index (χ2v) is 7.51. The fraction of sp³-hybridized carbons (Fsp3) is 0.176. The zero-order chi connectivity index (χ0) is 21.0. The number of amides is 2. The number of carbonyl (C=O) groups excluding carboxylic acids is 2. The Bertz CT molecular complexity index is 1020. The number of aromatic nitrogens is 2. The van der Waals surface area contributed by atoms with E-state index in [0.29, 0.717) is 10.6 Å². The Labute approximate surface area is 170 Å². The lowest BCUT2D eigenvalue weighted by atomic mass is 10.3. The summed E-state index contributed by atoms with van der Waals surface area (Å²) in [5, 5.41) is 1.67. The third-order valence-electron chi connectivity index (χ3n) is 3.39. The van der Waals surface area contributed by atoms with Gasteiger partial charge >= 0.3 is 12.1 Å².